The van der Waals surface area contributed by atoms with Crippen LogP contribution in [0, 0.1) is 0 Å². The maximum atomic E-state index is 13.6. The average molecular weight is 243 g/mol. The molecule has 4 heteroatoms. The minimum atomic E-state index is -0.958. The number of carbonyl (C=O) groups excluding carboxylic acids is 1. The lowest BCUT2D eigenvalue weighted by atomic mass is 10.1. The van der Waals surface area contributed by atoms with Crippen molar-refractivity contribution in [1.29, 1.82) is 0 Å². The highest BCUT2D eigenvalue weighted by Gasteiger charge is 2.15. The molecule has 16 heavy (non-hydrogen) atoms. The standard InChI is InChI=1S/C12H12ClFO2/c1-3-16-12(15)11(14)8(2)9-6-4-5-7-10(9)13/h4-7H,3H2,1-2H3. The summed E-state index contributed by atoms with van der Waals surface area (Å²) < 4.78 is 18.2. The molecule has 0 aromatic heterocycles. The topological polar surface area (TPSA) is 26.3 Å². The Labute approximate surface area is 98.7 Å². The van der Waals surface area contributed by atoms with E-state index in [1.807, 2.05) is 0 Å². The van der Waals surface area contributed by atoms with E-state index < -0.39 is 11.8 Å². The van der Waals surface area contributed by atoms with Crippen molar-refractivity contribution in [2.75, 3.05) is 6.61 Å². The number of allylic oxidation sites excluding steroid dienone is 1. The maximum Gasteiger partial charge on any atom is 0.367 e. The molecule has 0 aliphatic carbocycles. The molecule has 2 nitrogen and oxygen atoms in total. The summed E-state index contributed by atoms with van der Waals surface area (Å²) in [6.07, 6.45) is 0. The Morgan fingerprint density at radius 2 is 2.06 bits per heavy atom. The van der Waals surface area contributed by atoms with Crippen LogP contribution in [-0.4, -0.2) is 12.6 Å². The summed E-state index contributed by atoms with van der Waals surface area (Å²) in [5.74, 6) is -1.87. The van der Waals surface area contributed by atoms with E-state index in [2.05, 4.69) is 4.74 Å². The average Bonchev–Trinajstić information content (AvgIpc) is 2.28. The molecule has 0 atom stereocenters. The van der Waals surface area contributed by atoms with Gasteiger partial charge in [0.05, 0.1) is 6.61 Å². The molecule has 0 unspecified atom stereocenters. The lowest BCUT2D eigenvalue weighted by molar-refractivity contribution is -0.140. The van der Waals surface area contributed by atoms with Gasteiger partial charge < -0.3 is 4.74 Å². The smallest absolute Gasteiger partial charge is 0.367 e. The Hall–Kier alpha value is -1.35. The van der Waals surface area contributed by atoms with Gasteiger partial charge in [0, 0.05) is 10.6 Å². The summed E-state index contributed by atoms with van der Waals surface area (Å²) in [4.78, 5) is 11.2. The van der Waals surface area contributed by atoms with Gasteiger partial charge in [0.1, 0.15) is 0 Å². The largest absolute Gasteiger partial charge is 0.461 e. The Balaban J connectivity index is 3.09. The van der Waals surface area contributed by atoms with Crippen LogP contribution in [0.1, 0.15) is 19.4 Å². The van der Waals surface area contributed by atoms with E-state index in [0.717, 1.165) is 0 Å². The van der Waals surface area contributed by atoms with E-state index in [4.69, 9.17) is 11.6 Å². The van der Waals surface area contributed by atoms with Gasteiger partial charge in [-0.2, -0.15) is 4.39 Å². The lowest BCUT2D eigenvalue weighted by Crippen LogP contribution is -2.06. The first-order valence-corrected chi connectivity index (χ1v) is 5.24. The summed E-state index contributed by atoms with van der Waals surface area (Å²) in [6.45, 7) is 3.26. The van der Waals surface area contributed by atoms with Crippen LogP contribution >= 0.6 is 11.6 Å². The molecule has 0 aliphatic heterocycles. The third kappa shape index (κ3) is 2.83. The van der Waals surface area contributed by atoms with Crippen molar-refractivity contribution in [3.05, 3.63) is 40.7 Å². The van der Waals surface area contributed by atoms with Crippen LogP contribution in [0.15, 0.2) is 30.1 Å². The minimum absolute atomic E-state index is 0.141. The van der Waals surface area contributed by atoms with Crippen LogP contribution in [0.4, 0.5) is 4.39 Å². The zero-order valence-electron chi connectivity index (χ0n) is 9.09. The third-order valence-electron chi connectivity index (χ3n) is 2.06. The highest BCUT2D eigenvalue weighted by molar-refractivity contribution is 6.32. The lowest BCUT2D eigenvalue weighted by Gasteiger charge is -2.06. The first-order valence-electron chi connectivity index (χ1n) is 4.86. The number of hydrogen-bond acceptors (Lipinski definition) is 2. The van der Waals surface area contributed by atoms with Crippen LogP contribution in [-0.2, 0) is 9.53 Å². The van der Waals surface area contributed by atoms with Crippen molar-refractivity contribution in [2.24, 2.45) is 0 Å². The van der Waals surface area contributed by atoms with Gasteiger partial charge >= 0.3 is 5.97 Å². The first kappa shape index (κ1) is 12.7. The van der Waals surface area contributed by atoms with Gasteiger partial charge in [-0.05, 0) is 25.5 Å². The molecule has 86 valence electrons. The van der Waals surface area contributed by atoms with Crippen molar-refractivity contribution in [2.45, 2.75) is 13.8 Å². The molecule has 0 saturated carbocycles. The fraction of sp³-hybridized carbons (Fsp3) is 0.250. The number of halogens is 2. The van der Waals surface area contributed by atoms with Crippen molar-refractivity contribution in [1.82, 2.24) is 0 Å². The van der Waals surface area contributed by atoms with Gasteiger partial charge in [-0.3, -0.25) is 0 Å². The van der Waals surface area contributed by atoms with Crippen molar-refractivity contribution >= 4 is 23.1 Å². The Kier molecular flexibility index (Phi) is 4.50. The summed E-state index contributed by atoms with van der Waals surface area (Å²) in [5.41, 5.74) is 0.679. The van der Waals surface area contributed by atoms with Gasteiger partial charge in [0.25, 0.3) is 0 Å². The van der Waals surface area contributed by atoms with Crippen LogP contribution in [0.3, 0.4) is 0 Å². The highest BCUT2D eigenvalue weighted by Crippen LogP contribution is 2.26. The van der Waals surface area contributed by atoms with E-state index in [1.165, 1.54) is 6.92 Å². The van der Waals surface area contributed by atoms with E-state index in [0.29, 0.717) is 10.6 Å². The van der Waals surface area contributed by atoms with Crippen LogP contribution in [0.25, 0.3) is 5.57 Å². The SMILES string of the molecule is CCOC(=O)C(F)=C(C)c1ccccc1Cl. The van der Waals surface area contributed by atoms with Gasteiger partial charge in [-0.1, -0.05) is 29.8 Å². The van der Waals surface area contributed by atoms with Crippen LogP contribution < -0.4 is 0 Å². The predicted octanol–water partition coefficient (Wildman–Crippen LogP) is 3.60. The summed E-state index contributed by atoms with van der Waals surface area (Å²) in [7, 11) is 0. The molecule has 1 aromatic carbocycles. The number of hydrogen-bond donors (Lipinski definition) is 0. The van der Waals surface area contributed by atoms with Gasteiger partial charge in [0.15, 0.2) is 0 Å². The Bertz CT molecular complexity index is 427. The normalized spacial score (nSPS) is 12.0. The molecule has 0 fully saturated rings. The molecule has 0 saturated heterocycles. The van der Waals surface area contributed by atoms with Crippen LogP contribution in [0.2, 0.25) is 5.02 Å². The van der Waals surface area contributed by atoms with Crippen molar-refractivity contribution in [3.8, 4) is 0 Å². The fourth-order valence-electron chi connectivity index (χ4n) is 1.23. The van der Waals surface area contributed by atoms with Gasteiger partial charge in [-0.25, -0.2) is 4.79 Å². The van der Waals surface area contributed by atoms with Gasteiger partial charge in [-0.15, -0.1) is 0 Å². The van der Waals surface area contributed by atoms with Crippen molar-refractivity contribution in [3.63, 3.8) is 0 Å². The van der Waals surface area contributed by atoms with Gasteiger partial charge in [0.2, 0.25) is 5.83 Å². The van der Waals surface area contributed by atoms with E-state index in [9.17, 15) is 9.18 Å². The number of benzene rings is 1. The summed E-state index contributed by atoms with van der Waals surface area (Å²) >= 11 is 5.89. The second-order valence-corrected chi connectivity index (χ2v) is 3.55. The van der Waals surface area contributed by atoms with Crippen LogP contribution in [0.5, 0.6) is 0 Å². The molecule has 0 N–H and O–H groups in total. The molecular formula is C12H12ClFO2. The molecule has 1 rings (SSSR count). The quantitative estimate of drug-likeness (QED) is 0.598. The van der Waals surface area contributed by atoms with E-state index in [-0.39, 0.29) is 12.2 Å². The van der Waals surface area contributed by atoms with Crippen molar-refractivity contribution < 1.29 is 13.9 Å². The maximum absolute atomic E-state index is 13.6. The predicted molar refractivity (Wildman–Crippen MR) is 61.8 cm³/mol. The summed E-state index contributed by atoms with van der Waals surface area (Å²) in [5, 5.41) is 0.402. The molecule has 0 bridgehead atoms. The summed E-state index contributed by atoms with van der Waals surface area (Å²) in [6, 6.07) is 6.75. The number of esters is 1. The zero-order valence-corrected chi connectivity index (χ0v) is 9.84. The van der Waals surface area contributed by atoms with E-state index >= 15 is 0 Å². The Morgan fingerprint density at radius 3 is 2.62 bits per heavy atom. The molecule has 0 aliphatic rings. The molecule has 0 heterocycles. The number of ether oxygens (including phenoxy) is 1. The fourth-order valence-corrected chi connectivity index (χ4v) is 1.51. The molecular weight excluding hydrogens is 231 g/mol. The first-order chi connectivity index (χ1) is 7.57. The Morgan fingerprint density at radius 1 is 1.44 bits per heavy atom. The molecule has 0 amide bonds. The second kappa shape index (κ2) is 5.66. The van der Waals surface area contributed by atoms with E-state index in [1.54, 1.807) is 31.2 Å². The number of carbonyl (C=O) groups is 1. The second-order valence-electron chi connectivity index (χ2n) is 3.14. The number of rotatable bonds is 3. The monoisotopic (exact) mass is 242 g/mol. The minimum Gasteiger partial charge on any atom is -0.461 e. The molecule has 1 aromatic rings. The molecule has 0 spiro atoms. The third-order valence-corrected chi connectivity index (χ3v) is 2.39. The molecule has 0 radical (unpaired) electrons. The highest BCUT2D eigenvalue weighted by atomic mass is 35.5. The zero-order chi connectivity index (χ0) is 12.1.